The zero-order chi connectivity index (χ0) is 23.3. The maximum atomic E-state index is 12.8. The lowest BCUT2D eigenvalue weighted by Gasteiger charge is -2.20. The average molecular weight is 439 g/mol. The van der Waals surface area contributed by atoms with Gasteiger partial charge in [-0.2, -0.15) is 0 Å². The third-order valence-corrected chi connectivity index (χ3v) is 4.97. The number of rotatable bonds is 7. The Morgan fingerprint density at radius 1 is 1.06 bits per heavy atom. The molecule has 1 aliphatic rings. The standard InChI is InChI=1S/C24H30N4O4/c1-24(2,3)27-21(29)15-32-18-8-6-7-16(13-18)23(31)26-20-10-9-17(14-19(20)22(25)30)28-11-4-5-12-28/h6-10,13-14H,4-5,11-12,15H2,1-3H3,(H2,25,30)(H,26,31)(H,27,29). The van der Waals surface area contributed by atoms with Gasteiger partial charge in [-0.25, -0.2) is 0 Å². The normalized spacial score (nSPS) is 13.5. The van der Waals surface area contributed by atoms with Gasteiger partial charge in [-0.1, -0.05) is 6.07 Å². The van der Waals surface area contributed by atoms with E-state index in [9.17, 15) is 14.4 Å². The number of amides is 3. The molecule has 0 spiro atoms. The van der Waals surface area contributed by atoms with Crippen molar-refractivity contribution in [1.82, 2.24) is 5.32 Å². The van der Waals surface area contributed by atoms with Crippen molar-refractivity contribution in [3.8, 4) is 5.75 Å². The Hall–Kier alpha value is -3.55. The smallest absolute Gasteiger partial charge is 0.258 e. The lowest BCUT2D eigenvalue weighted by molar-refractivity contribution is -0.124. The third-order valence-electron chi connectivity index (χ3n) is 4.97. The van der Waals surface area contributed by atoms with E-state index in [0.29, 0.717) is 17.0 Å². The molecule has 8 heteroatoms. The molecular formula is C24H30N4O4. The summed E-state index contributed by atoms with van der Waals surface area (Å²) in [4.78, 5) is 38.9. The van der Waals surface area contributed by atoms with Crippen molar-refractivity contribution in [3.05, 3.63) is 53.6 Å². The number of hydrogen-bond acceptors (Lipinski definition) is 5. The number of nitrogens with zero attached hydrogens (tertiary/aromatic N) is 1. The fraction of sp³-hybridized carbons (Fsp3) is 0.375. The molecule has 1 saturated heterocycles. The van der Waals surface area contributed by atoms with Crippen LogP contribution in [0.1, 0.15) is 54.3 Å². The van der Waals surface area contributed by atoms with Crippen LogP contribution in [0.3, 0.4) is 0 Å². The molecule has 3 rings (SSSR count). The molecular weight excluding hydrogens is 408 g/mol. The van der Waals surface area contributed by atoms with Crippen molar-refractivity contribution in [3.63, 3.8) is 0 Å². The molecule has 0 atom stereocenters. The van der Waals surface area contributed by atoms with E-state index in [0.717, 1.165) is 31.6 Å². The number of primary amides is 1. The molecule has 2 aromatic rings. The van der Waals surface area contributed by atoms with Gasteiger partial charge in [0, 0.05) is 29.9 Å². The molecule has 0 bridgehead atoms. The Bertz CT molecular complexity index is 1010. The second-order valence-corrected chi connectivity index (χ2v) is 8.86. The summed E-state index contributed by atoms with van der Waals surface area (Å²) in [7, 11) is 0. The van der Waals surface area contributed by atoms with Crippen LogP contribution in [0, 0.1) is 0 Å². The Morgan fingerprint density at radius 2 is 1.78 bits per heavy atom. The van der Waals surface area contributed by atoms with Crippen molar-refractivity contribution in [2.45, 2.75) is 39.2 Å². The number of nitrogens with two attached hydrogens (primary N) is 1. The second kappa shape index (κ2) is 9.72. The highest BCUT2D eigenvalue weighted by Crippen LogP contribution is 2.26. The summed E-state index contributed by atoms with van der Waals surface area (Å²) in [6.07, 6.45) is 2.22. The number of nitrogens with one attached hydrogen (secondary N) is 2. The average Bonchev–Trinajstić information content (AvgIpc) is 3.26. The van der Waals surface area contributed by atoms with Gasteiger partial charge in [0.05, 0.1) is 11.3 Å². The molecule has 0 unspecified atom stereocenters. The van der Waals surface area contributed by atoms with E-state index in [1.54, 1.807) is 36.4 Å². The highest BCUT2D eigenvalue weighted by atomic mass is 16.5. The Balaban J connectivity index is 1.69. The van der Waals surface area contributed by atoms with Crippen molar-refractivity contribution in [1.29, 1.82) is 0 Å². The van der Waals surface area contributed by atoms with Crippen molar-refractivity contribution in [2.24, 2.45) is 5.73 Å². The van der Waals surface area contributed by atoms with Crippen LogP contribution in [0.25, 0.3) is 0 Å². The van der Waals surface area contributed by atoms with Crippen LogP contribution >= 0.6 is 0 Å². The second-order valence-electron chi connectivity index (χ2n) is 8.86. The fourth-order valence-corrected chi connectivity index (χ4v) is 3.54. The minimum absolute atomic E-state index is 0.161. The van der Waals surface area contributed by atoms with E-state index in [1.807, 2.05) is 26.8 Å². The van der Waals surface area contributed by atoms with Crippen LogP contribution < -0.4 is 26.0 Å². The van der Waals surface area contributed by atoms with E-state index in [2.05, 4.69) is 15.5 Å². The predicted molar refractivity (Wildman–Crippen MR) is 124 cm³/mol. The van der Waals surface area contributed by atoms with Crippen LogP contribution in [0.2, 0.25) is 0 Å². The summed E-state index contributed by atoms with van der Waals surface area (Å²) in [6, 6.07) is 11.8. The fourth-order valence-electron chi connectivity index (χ4n) is 3.54. The lowest BCUT2D eigenvalue weighted by atomic mass is 10.1. The molecule has 4 N–H and O–H groups in total. The van der Waals surface area contributed by atoms with Crippen molar-refractivity contribution >= 4 is 29.1 Å². The summed E-state index contributed by atoms with van der Waals surface area (Å²) in [5, 5.41) is 5.57. The molecule has 8 nitrogen and oxygen atoms in total. The zero-order valence-electron chi connectivity index (χ0n) is 18.7. The molecule has 2 aromatic carbocycles. The molecule has 1 aliphatic heterocycles. The monoisotopic (exact) mass is 438 g/mol. The summed E-state index contributed by atoms with van der Waals surface area (Å²) >= 11 is 0. The first-order chi connectivity index (χ1) is 15.1. The van der Waals surface area contributed by atoms with Crippen LogP contribution in [-0.4, -0.2) is 43.0 Å². The molecule has 32 heavy (non-hydrogen) atoms. The number of hydrogen-bond donors (Lipinski definition) is 3. The predicted octanol–water partition coefficient (Wildman–Crippen LogP) is 2.93. The van der Waals surface area contributed by atoms with Gasteiger partial charge in [-0.3, -0.25) is 14.4 Å². The number of carbonyl (C=O) groups excluding carboxylic acids is 3. The van der Waals surface area contributed by atoms with Crippen molar-refractivity contribution < 1.29 is 19.1 Å². The van der Waals surface area contributed by atoms with Gasteiger partial charge in [0.25, 0.3) is 17.7 Å². The first-order valence-corrected chi connectivity index (χ1v) is 10.7. The molecule has 170 valence electrons. The van der Waals surface area contributed by atoms with Crippen LogP contribution in [-0.2, 0) is 4.79 Å². The van der Waals surface area contributed by atoms with Crippen molar-refractivity contribution in [2.75, 3.05) is 29.9 Å². The summed E-state index contributed by atoms with van der Waals surface area (Å²) in [6.45, 7) is 7.36. The Labute approximate surface area is 188 Å². The quantitative estimate of drug-likeness (QED) is 0.615. The van der Waals surface area contributed by atoms with Gasteiger partial charge in [0.1, 0.15) is 5.75 Å². The highest BCUT2D eigenvalue weighted by molar-refractivity contribution is 6.09. The SMILES string of the molecule is CC(C)(C)NC(=O)COc1cccc(C(=O)Nc2ccc(N3CCCC3)cc2C(N)=O)c1. The summed E-state index contributed by atoms with van der Waals surface area (Å²) in [5.41, 5.74) is 7.06. The molecule has 1 heterocycles. The van der Waals surface area contributed by atoms with Gasteiger partial charge >= 0.3 is 0 Å². The maximum absolute atomic E-state index is 12.8. The number of anilines is 2. The minimum atomic E-state index is -0.608. The molecule has 0 aliphatic carbocycles. The highest BCUT2D eigenvalue weighted by Gasteiger charge is 2.18. The number of ether oxygens (including phenoxy) is 1. The summed E-state index contributed by atoms with van der Waals surface area (Å²) in [5.74, 6) is -0.882. The van der Waals surface area contributed by atoms with Crippen LogP contribution in [0.15, 0.2) is 42.5 Å². The third kappa shape index (κ3) is 6.23. The van der Waals surface area contributed by atoms with Crippen LogP contribution in [0.5, 0.6) is 5.75 Å². The van der Waals surface area contributed by atoms with E-state index in [1.165, 1.54) is 0 Å². The first-order valence-electron chi connectivity index (χ1n) is 10.7. The molecule has 0 aromatic heterocycles. The van der Waals surface area contributed by atoms with Gasteiger partial charge in [-0.15, -0.1) is 0 Å². The zero-order valence-corrected chi connectivity index (χ0v) is 18.7. The lowest BCUT2D eigenvalue weighted by Crippen LogP contribution is -2.43. The van der Waals surface area contributed by atoms with Gasteiger partial charge < -0.3 is 26.0 Å². The van der Waals surface area contributed by atoms with E-state index in [-0.39, 0.29) is 23.6 Å². The van der Waals surface area contributed by atoms with Gasteiger partial charge in [-0.05, 0) is 70.0 Å². The number of benzene rings is 2. The van der Waals surface area contributed by atoms with E-state index in [4.69, 9.17) is 10.5 Å². The molecule has 3 amide bonds. The van der Waals surface area contributed by atoms with Crippen LogP contribution in [0.4, 0.5) is 11.4 Å². The Kier molecular flexibility index (Phi) is 7.02. The topological polar surface area (TPSA) is 114 Å². The molecule has 0 saturated carbocycles. The summed E-state index contributed by atoms with van der Waals surface area (Å²) < 4.78 is 5.52. The molecule has 0 radical (unpaired) electrons. The van der Waals surface area contributed by atoms with Gasteiger partial charge in [0.15, 0.2) is 6.61 Å². The largest absolute Gasteiger partial charge is 0.484 e. The molecule has 1 fully saturated rings. The Morgan fingerprint density at radius 3 is 2.44 bits per heavy atom. The van der Waals surface area contributed by atoms with Gasteiger partial charge in [0.2, 0.25) is 0 Å². The maximum Gasteiger partial charge on any atom is 0.258 e. The van der Waals surface area contributed by atoms with E-state index < -0.39 is 11.8 Å². The number of carbonyl (C=O) groups is 3. The van der Waals surface area contributed by atoms with E-state index >= 15 is 0 Å². The minimum Gasteiger partial charge on any atom is -0.484 e. The first kappa shape index (κ1) is 23.1.